The van der Waals surface area contributed by atoms with Gasteiger partial charge >= 0.3 is 0 Å². The van der Waals surface area contributed by atoms with Crippen LogP contribution in [0.2, 0.25) is 10.0 Å². The molecule has 1 aromatic rings. The first-order chi connectivity index (χ1) is 8.58. The molecule has 4 heteroatoms. The van der Waals surface area contributed by atoms with Gasteiger partial charge in [-0.3, -0.25) is 4.90 Å². The number of benzene rings is 1. The van der Waals surface area contributed by atoms with Crippen LogP contribution in [-0.2, 0) is 6.54 Å². The summed E-state index contributed by atoms with van der Waals surface area (Å²) in [6.07, 6.45) is 2.32. The van der Waals surface area contributed by atoms with Crippen LogP contribution in [0.25, 0.3) is 0 Å². The van der Waals surface area contributed by atoms with Crippen LogP contribution < -0.4 is 0 Å². The average molecular weight is 307 g/mol. The Morgan fingerprint density at radius 1 is 1.22 bits per heavy atom. The minimum absolute atomic E-state index is 0.274. The van der Waals surface area contributed by atoms with Crippen LogP contribution in [0.1, 0.15) is 25.3 Å². The number of rotatable bonds is 3. The zero-order valence-corrected chi connectivity index (χ0v) is 12.8. The van der Waals surface area contributed by atoms with Crippen LogP contribution in [-0.4, -0.2) is 23.4 Å². The van der Waals surface area contributed by atoms with Gasteiger partial charge in [-0.2, -0.15) is 0 Å². The van der Waals surface area contributed by atoms with Crippen molar-refractivity contribution in [1.29, 1.82) is 0 Å². The summed E-state index contributed by atoms with van der Waals surface area (Å²) < 4.78 is 0. The van der Waals surface area contributed by atoms with Gasteiger partial charge in [-0.15, -0.1) is 11.6 Å². The number of hydrogen-bond donors (Lipinski definition) is 0. The van der Waals surface area contributed by atoms with E-state index in [1.807, 2.05) is 18.2 Å². The molecular formula is C14H18Cl3N. The van der Waals surface area contributed by atoms with Gasteiger partial charge in [0, 0.05) is 27.5 Å². The van der Waals surface area contributed by atoms with Crippen molar-refractivity contribution >= 4 is 34.8 Å². The van der Waals surface area contributed by atoms with Gasteiger partial charge in [0.1, 0.15) is 0 Å². The molecule has 0 spiro atoms. The molecule has 1 unspecified atom stereocenters. The molecule has 0 bridgehead atoms. The fraction of sp³-hybridized carbons (Fsp3) is 0.571. The van der Waals surface area contributed by atoms with E-state index in [0.29, 0.717) is 5.92 Å². The molecular weight excluding hydrogens is 289 g/mol. The Hall–Kier alpha value is 0.0500. The Kier molecular flexibility index (Phi) is 5.20. The lowest BCUT2D eigenvalue weighted by Crippen LogP contribution is -2.35. The first kappa shape index (κ1) is 14.5. The molecule has 1 saturated heterocycles. The topological polar surface area (TPSA) is 3.24 Å². The van der Waals surface area contributed by atoms with Gasteiger partial charge < -0.3 is 0 Å². The molecule has 18 heavy (non-hydrogen) atoms. The maximum Gasteiger partial charge on any atom is 0.0465 e. The number of halogens is 3. The van der Waals surface area contributed by atoms with Gasteiger partial charge in [0.2, 0.25) is 0 Å². The van der Waals surface area contributed by atoms with Gasteiger partial charge in [0.25, 0.3) is 0 Å². The molecule has 1 heterocycles. The Morgan fingerprint density at radius 3 is 2.28 bits per heavy atom. The number of piperidine rings is 1. The van der Waals surface area contributed by atoms with Crippen molar-refractivity contribution < 1.29 is 0 Å². The summed E-state index contributed by atoms with van der Waals surface area (Å²) in [6, 6.07) is 5.68. The molecule has 100 valence electrons. The van der Waals surface area contributed by atoms with E-state index >= 15 is 0 Å². The smallest absolute Gasteiger partial charge is 0.0465 e. The Morgan fingerprint density at radius 2 is 1.78 bits per heavy atom. The van der Waals surface area contributed by atoms with Crippen LogP contribution in [0.3, 0.4) is 0 Å². The van der Waals surface area contributed by atoms with Crippen molar-refractivity contribution in [2.45, 2.75) is 31.7 Å². The molecule has 0 amide bonds. The summed E-state index contributed by atoms with van der Waals surface area (Å²) >= 11 is 18.5. The number of nitrogens with zero attached hydrogens (tertiary/aromatic N) is 1. The zero-order valence-electron chi connectivity index (χ0n) is 10.5. The lowest BCUT2D eigenvalue weighted by Gasteiger charge is -2.33. The molecule has 1 atom stereocenters. The molecule has 0 radical (unpaired) electrons. The van der Waals surface area contributed by atoms with Gasteiger partial charge in [0.15, 0.2) is 0 Å². The predicted octanol–water partition coefficient (Wildman–Crippen LogP) is 4.83. The lowest BCUT2D eigenvalue weighted by atomic mass is 9.94. The van der Waals surface area contributed by atoms with Crippen molar-refractivity contribution in [2.75, 3.05) is 13.1 Å². The third kappa shape index (κ3) is 3.54. The minimum atomic E-state index is 0.274. The quantitative estimate of drug-likeness (QED) is 0.723. The van der Waals surface area contributed by atoms with Crippen LogP contribution in [0.4, 0.5) is 0 Å². The SMILES string of the molecule is CC(Cl)C1CCN(Cc2c(Cl)cccc2Cl)CC1. The van der Waals surface area contributed by atoms with E-state index < -0.39 is 0 Å². The fourth-order valence-electron chi connectivity index (χ4n) is 2.48. The van der Waals surface area contributed by atoms with Gasteiger partial charge in [0.05, 0.1) is 0 Å². The van der Waals surface area contributed by atoms with E-state index in [2.05, 4.69) is 11.8 Å². The maximum atomic E-state index is 6.20. The van der Waals surface area contributed by atoms with Crippen molar-refractivity contribution in [3.05, 3.63) is 33.8 Å². The van der Waals surface area contributed by atoms with E-state index in [1.54, 1.807) is 0 Å². The highest BCUT2D eigenvalue weighted by Crippen LogP contribution is 2.29. The molecule has 0 aromatic heterocycles. The van der Waals surface area contributed by atoms with Crippen molar-refractivity contribution in [3.8, 4) is 0 Å². The van der Waals surface area contributed by atoms with Crippen LogP contribution in [0.5, 0.6) is 0 Å². The van der Waals surface area contributed by atoms with Gasteiger partial charge in [-0.05, 0) is 50.9 Å². The molecule has 0 aliphatic carbocycles. The highest BCUT2D eigenvalue weighted by Gasteiger charge is 2.23. The summed E-state index contributed by atoms with van der Waals surface area (Å²) in [5.74, 6) is 0.643. The average Bonchev–Trinajstić information content (AvgIpc) is 2.34. The van der Waals surface area contributed by atoms with E-state index in [4.69, 9.17) is 34.8 Å². The van der Waals surface area contributed by atoms with Crippen molar-refractivity contribution in [1.82, 2.24) is 4.90 Å². The summed E-state index contributed by atoms with van der Waals surface area (Å²) in [4.78, 5) is 2.41. The van der Waals surface area contributed by atoms with E-state index in [1.165, 1.54) is 0 Å². The molecule has 1 nitrogen and oxygen atoms in total. The normalized spacial score (nSPS) is 20.0. The molecule has 0 N–H and O–H groups in total. The number of likely N-dealkylation sites (tertiary alicyclic amines) is 1. The molecule has 1 aliphatic heterocycles. The van der Waals surface area contributed by atoms with Gasteiger partial charge in [-0.25, -0.2) is 0 Å². The Bertz CT molecular complexity index is 378. The van der Waals surface area contributed by atoms with Crippen molar-refractivity contribution in [3.63, 3.8) is 0 Å². The van der Waals surface area contributed by atoms with Crippen molar-refractivity contribution in [2.24, 2.45) is 5.92 Å². The predicted molar refractivity (Wildman–Crippen MR) is 79.8 cm³/mol. The molecule has 1 aromatic carbocycles. The second kappa shape index (κ2) is 6.47. The molecule has 1 fully saturated rings. The first-order valence-electron chi connectivity index (χ1n) is 6.37. The summed E-state index contributed by atoms with van der Waals surface area (Å²) in [5.41, 5.74) is 1.04. The second-order valence-corrected chi connectivity index (χ2v) is 6.49. The van der Waals surface area contributed by atoms with Crippen LogP contribution in [0, 0.1) is 5.92 Å². The first-order valence-corrected chi connectivity index (χ1v) is 7.56. The molecule has 1 aliphatic rings. The largest absolute Gasteiger partial charge is 0.299 e. The number of alkyl halides is 1. The van der Waals surface area contributed by atoms with E-state index in [0.717, 1.165) is 48.1 Å². The minimum Gasteiger partial charge on any atom is -0.299 e. The third-order valence-electron chi connectivity index (χ3n) is 3.73. The standard InChI is InChI=1S/C14H18Cl3N/c1-10(15)11-5-7-18(8-6-11)9-12-13(16)3-2-4-14(12)17/h2-4,10-11H,5-9H2,1H3. The Labute approximate surface area is 124 Å². The van der Waals surface area contributed by atoms with Crippen LogP contribution in [0.15, 0.2) is 18.2 Å². The highest BCUT2D eigenvalue weighted by atomic mass is 35.5. The van der Waals surface area contributed by atoms with Crippen LogP contribution >= 0.6 is 34.8 Å². The third-order valence-corrected chi connectivity index (χ3v) is 4.79. The summed E-state index contributed by atoms with van der Waals surface area (Å²) in [5, 5.41) is 1.79. The molecule has 2 rings (SSSR count). The Balaban J connectivity index is 1.96. The second-order valence-electron chi connectivity index (χ2n) is 4.99. The van der Waals surface area contributed by atoms with E-state index in [-0.39, 0.29) is 5.38 Å². The highest BCUT2D eigenvalue weighted by molar-refractivity contribution is 6.35. The maximum absolute atomic E-state index is 6.20. The lowest BCUT2D eigenvalue weighted by molar-refractivity contribution is 0.176. The van der Waals surface area contributed by atoms with E-state index in [9.17, 15) is 0 Å². The summed E-state index contributed by atoms with van der Waals surface area (Å²) in [6.45, 7) is 5.07. The van der Waals surface area contributed by atoms with Gasteiger partial charge in [-0.1, -0.05) is 29.3 Å². The zero-order chi connectivity index (χ0) is 13.1. The summed E-state index contributed by atoms with van der Waals surface area (Å²) in [7, 11) is 0. The monoisotopic (exact) mass is 305 g/mol. The number of hydrogen-bond acceptors (Lipinski definition) is 1. The fourth-order valence-corrected chi connectivity index (χ4v) is 3.25. The molecule has 0 saturated carbocycles.